The van der Waals surface area contributed by atoms with E-state index in [4.69, 9.17) is 5.11 Å². The Morgan fingerprint density at radius 3 is 2.70 bits per heavy atom. The summed E-state index contributed by atoms with van der Waals surface area (Å²) in [5.74, 6) is -0.971. The van der Waals surface area contributed by atoms with E-state index in [1.807, 2.05) is 31.5 Å². The highest BCUT2D eigenvalue weighted by molar-refractivity contribution is 5.88. The van der Waals surface area contributed by atoms with Gasteiger partial charge in [-0.2, -0.15) is 5.10 Å². The zero-order valence-corrected chi connectivity index (χ0v) is 12.4. The molecule has 0 saturated heterocycles. The van der Waals surface area contributed by atoms with Gasteiger partial charge in [-0.1, -0.05) is 0 Å². The molecule has 23 heavy (non-hydrogen) atoms. The largest absolute Gasteiger partial charge is 0.478 e. The van der Waals surface area contributed by atoms with Crippen LogP contribution in [0.4, 0.5) is 0 Å². The fraction of sp³-hybridized carbons (Fsp3) is 0.0588. The van der Waals surface area contributed by atoms with E-state index in [1.165, 1.54) is 18.3 Å². The van der Waals surface area contributed by atoms with Crippen LogP contribution < -0.4 is 0 Å². The van der Waals surface area contributed by atoms with Crippen LogP contribution in [-0.2, 0) is 7.05 Å². The SMILES string of the molecule is Cn1cc(/C=C/c2cc(C(=O)O)ccn2)c(-c2ccncc2)n1. The monoisotopic (exact) mass is 306 g/mol. The summed E-state index contributed by atoms with van der Waals surface area (Å²) in [4.78, 5) is 19.2. The van der Waals surface area contributed by atoms with Gasteiger partial charge in [0, 0.05) is 43.0 Å². The minimum atomic E-state index is -0.971. The van der Waals surface area contributed by atoms with Gasteiger partial charge in [0.25, 0.3) is 0 Å². The Morgan fingerprint density at radius 1 is 1.17 bits per heavy atom. The number of hydrogen-bond acceptors (Lipinski definition) is 4. The van der Waals surface area contributed by atoms with Crippen molar-refractivity contribution in [2.24, 2.45) is 7.05 Å². The number of carboxylic acid groups (broad SMARTS) is 1. The van der Waals surface area contributed by atoms with Crippen molar-refractivity contribution in [2.75, 3.05) is 0 Å². The van der Waals surface area contributed by atoms with Crippen molar-refractivity contribution in [3.63, 3.8) is 0 Å². The second-order valence-corrected chi connectivity index (χ2v) is 4.95. The smallest absolute Gasteiger partial charge is 0.335 e. The Balaban J connectivity index is 1.94. The van der Waals surface area contributed by atoms with Crippen molar-refractivity contribution in [1.82, 2.24) is 19.7 Å². The highest BCUT2D eigenvalue weighted by Crippen LogP contribution is 2.22. The first kappa shape index (κ1) is 14.6. The number of nitrogens with zero attached hydrogens (tertiary/aromatic N) is 4. The number of hydrogen-bond donors (Lipinski definition) is 1. The maximum absolute atomic E-state index is 11.0. The van der Waals surface area contributed by atoms with E-state index in [-0.39, 0.29) is 5.56 Å². The molecule has 0 spiro atoms. The molecule has 3 rings (SSSR count). The van der Waals surface area contributed by atoms with Crippen LogP contribution in [-0.4, -0.2) is 30.8 Å². The number of aromatic carboxylic acids is 1. The first-order valence-electron chi connectivity index (χ1n) is 6.95. The fourth-order valence-electron chi connectivity index (χ4n) is 2.21. The molecule has 0 aliphatic rings. The van der Waals surface area contributed by atoms with Gasteiger partial charge in [0.1, 0.15) is 0 Å². The van der Waals surface area contributed by atoms with E-state index in [9.17, 15) is 4.79 Å². The Hall–Kier alpha value is -3.28. The molecule has 0 aliphatic heterocycles. The van der Waals surface area contributed by atoms with Crippen molar-refractivity contribution in [2.45, 2.75) is 0 Å². The Labute approximate surface area is 132 Å². The molecule has 0 unspecified atom stereocenters. The molecule has 3 aromatic heterocycles. The average molecular weight is 306 g/mol. The first-order chi connectivity index (χ1) is 11.1. The predicted molar refractivity (Wildman–Crippen MR) is 86.6 cm³/mol. The lowest BCUT2D eigenvalue weighted by molar-refractivity contribution is 0.0696. The summed E-state index contributed by atoms with van der Waals surface area (Å²) >= 11 is 0. The first-order valence-corrected chi connectivity index (χ1v) is 6.95. The molecule has 0 aromatic carbocycles. The van der Waals surface area contributed by atoms with Crippen molar-refractivity contribution < 1.29 is 9.90 Å². The Kier molecular flexibility index (Phi) is 3.97. The van der Waals surface area contributed by atoms with Crippen LogP contribution in [0.15, 0.2) is 49.1 Å². The maximum Gasteiger partial charge on any atom is 0.335 e. The topological polar surface area (TPSA) is 80.9 Å². The lowest BCUT2D eigenvalue weighted by atomic mass is 10.1. The number of aromatic nitrogens is 4. The third-order valence-electron chi connectivity index (χ3n) is 3.27. The summed E-state index contributed by atoms with van der Waals surface area (Å²) in [7, 11) is 1.85. The molecule has 3 heterocycles. The van der Waals surface area contributed by atoms with Crippen molar-refractivity contribution in [3.8, 4) is 11.3 Å². The average Bonchev–Trinajstić information content (AvgIpc) is 2.95. The van der Waals surface area contributed by atoms with Crippen LogP contribution in [0.2, 0.25) is 0 Å². The van der Waals surface area contributed by atoms with E-state index < -0.39 is 5.97 Å². The van der Waals surface area contributed by atoms with Gasteiger partial charge < -0.3 is 5.11 Å². The zero-order valence-electron chi connectivity index (χ0n) is 12.4. The normalized spacial score (nSPS) is 11.0. The van der Waals surface area contributed by atoms with Crippen LogP contribution in [0.1, 0.15) is 21.6 Å². The zero-order chi connectivity index (χ0) is 16.2. The van der Waals surface area contributed by atoms with Crippen molar-refractivity contribution in [1.29, 1.82) is 0 Å². The molecule has 0 amide bonds. The summed E-state index contributed by atoms with van der Waals surface area (Å²) < 4.78 is 1.73. The number of rotatable bonds is 4. The molecule has 0 aliphatic carbocycles. The summed E-state index contributed by atoms with van der Waals surface area (Å²) in [6.07, 6.45) is 10.5. The molecule has 3 aromatic rings. The van der Waals surface area contributed by atoms with Gasteiger partial charge in [0.2, 0.25) is 0 Å². The van der Waals surface area contributed by atoms with Gasteiger partial charge in [-0.15, -0.1) is 0 Å². The molecule has 1 N–H and O–H groups in total. The summed E-state index contributed by atoms with van der Waals surface area (Å²) in [5, 5.41) is 13.5. The lowest BCUT2D eigenvalue weighted by Gasteiger charge is -1.98. The lowest BCUT2D eigenvalue weighted by Crippen LogP contribution is -1.96. The molecule has 6 heteroatoms. The van der Waals surface area contributed by atoms with Crippen LogP contribution in [0.25, 0.3) is 23.4 Å². The highest BCUT2D eigenvalue weighted by Gasteiger charge is 2.08. The molecular weight excluding hydrogens is 292 g/mol. The van der Waals surface area contributed by atoms with Gasteiger partial charge in [-0.3, -0.25) is 14.6 Å². The number of pyridine rings is 2. The molecule has 0 saturated carbocycles. The molecular formula is C17H14N4O2. The molecule has 0 bridgehead atoms. The number of carbonyl (C=O) groups is 1. The van der Waals surface area contributed by atoms with E-state index >= 15 is 0 Å². The predicted octanol–water partition coefficient (Wildman–Crippen LogP) is 2.75. The van der Waals surface area contributed by atoms with E-state index in [2.05, 4.69) is 15.1 Å². The van der Waals surface area contributed by atoms with E-state index in [1.54, 1.807) is 23.2 Å². The van der Waals surface area contributed by atoms with Gasteiger partial charge in [0.05, 0.1) is 17.0 Å². The highest BCUT2D eigenvalue weighted by atomic mass is 16.4. The van der Waals surface area contributed by atoms with Crippen LogP contribution in [0.5, 0.6) is 0 Å². The fourth-order valence-corrected chi connectivity index (χ4v) is 2.21. The Morgan fingerprint density at radius 2 is 1.96 bits per heavy atom. The van der Waals surface area contributed by atoms with Gasteiger partial charge in [-0.05, 0) is 36.4 Å². The number of carboxylic acids is 1. The van der Waals surface area contributed by atoms with Crippen LogP contribution >= 0.6 is 0 Å². The number of aryl methyl sites for hydroxylation is 1. The second-order valence-electron chi connectivity index (χ2n) is 4.95. The maximum atomic E-state index is 11.0. The molecule has 0 radical (unpaired) electrons. The van der Waals surface area contributed by atoms with Crippen molar-refractivity contribution in [3.05, 3.63) is 65.9 Å². The third kappa shape index (κ3) is 3.32. The summed E-state index contributed by atoms with van der Waals surface area (Å²) in [6.45, 7) is 0. The molecule has 0 fully saturated rings. The standard InChI is InChI=1S/C17H14N4O2/c1-21-11-14(16(20-21)12-4-7-18-8-5-12)2-3-15-10-13(17(22)23)6-9-19-15/h2-11H,1H3,(H,22,23)/b3-2+. The van der Waals surface area contributed by atoms with Crippen molar-refractivity contribution >= 4 is 18.1 Å². The third-order valence-corrected chi connectivity index (χ3v) is 3.27. The summed E-state index contributed by atoms with van der Waals surface area (Å²) in [6, 6.07) is 6.78. The molecule has 0 atom stereocenters. The minimum Gasteiger partial charge on any atom is -0.478 e. The molecule has 6 nitrogen and oxygen atoms in total. The quantitative estimate of drug-likeness (QED) is 0.801. The van der Waals surface area contributed by atoms with Gasteiger partial charge in [0.15, 0.2) is 0 Å². The van der Waals surface area contributed by atoms with Gasteiger partial charge >= 0.3 is 5.97 Å². The Bertz CT molecular complexity index is 869. The van der Waals surface area contributed by atoms with E-state index in [0.29, 0.717) is 5.69 Å². The minimum absolute atomic E-state index is 0.209. The van der Waals surface area contributed by atoms with E-state index in [0.717, 1.165) is 16.8 Å². The van der Waals surface area contributed by atoms with Crippen LogP contribution in [0.3, 0.4) is 0 Å². The van der Waals surface area contributed by atoms with Crippen LogP contribution in [0, 0.1) is 0 Å². The van der Waals surface area contributed by atoms with Gasteiger partial charge in [-0.25, -0.2) is 4.79 Å². The molecule has 114 valence electrons. The summed E-state index contributed by atoms with van der Waals surface area (Å²) in [5.41, 5.74) is 3.50. The second kappa shape index (κ2) is 6.23.